The van der Waals surface area contributed by atoms with E-state index in [1.54, 1.807) is 0 Å². The van der Waals surface area contributed by atoms with Crippen LogP contribution in [0.5, 0.6) is 0 Å². The Bertz CT molecular complexity index is 332. The second-order valence-electron chi connectivity index (χ2n) is 6.52. The van der Waals surface area contributed by atoms with Crippen molar-refractivity contribution in [2.24, 2.45) is 0 Å². The van der Waals surface area contributed by atoms with Crippen LogP contribution in [0.4, 0.5) is 0 Å². The fraction of sp³-hybridized carbons (Fsp3) is 0.944. The van der Waals surface area contributed by atoms with E-state index in [0.717, 1.165) is 12.8 Å². The molecule has 0 aliphatic rings. The molecular weight excluding hydrogens is 474 g/mol. The molecule has 0 atom stereocenters. The summed E-state index contributed by atoms with van der Waals surface area (Å²) in [5.41, 5.74) is 0. The van der Waals surface area contributed by atoms with Crippen LogP contribution in [0.2, 0.25) is 0 Å². The zero-order chi connectivity index (χ0) is 19.4. The number of carboxylic acids is 1. The van der Waals surface area contributed by atoms with E-state index in [1.807, 2.05) is 0 Å². The molecule has 0 heterocycles. The van der Waals surface area contributed by atoms with Crippen molar-refractivity contribution in [1.82, 2.24) is 0 Å². The number of hydrogen-bond donors (Lipinski definition) is 0. The van der Waals surface area contributed by atoms with Gasteiger partial charge in [-0.05, 0) is 12.8 Å². The van der Waals surface area contributed by atoms with Gasteiger partial charge in [0.25, 0.3) is 0 Å². The van der Waals surface area contributed by atoms with Crippen LogP contribution in [0.3, 0.4) is 0 Å². The van der Waals surface area contributed by atoms with Gasteiger partial charge in [-0.15, -0.1) is 0 Å². The molecule has 0 radical (unpaired) electrons. The number of carboxylic acid groups (broad SMARTS) is 1. The van der Waals surface area contributed by atoms with Gasteiger partial charge < -0.3 is 29.1 Å². The van der Waals surface area contributed by atoms with Crippen LogP contribution in [0.15, 0.2) is 0 Å². The zero-order valence-electron chi connectivity index (χ0n) is 17.1. The fourth-order valence-corrected chi connectivity index (χ4v) is 2.64. The number of carbonyl (C=O) groups excluding carboxylic acids is 1. The number of hydrogen-bond acceptors (Lipinski definition) is 6. The van der Waals surface area contributed by atoms with Crippen molar-refractivity contribution in [2.45, 2.75) is 110 Å². The summed E-state index contributed by atoms with van der Waals surface area (Å²) in [5.74, 6) is -0.903. The normalized spacial score (nSPS) is 10.2. The van der Waals surface area contributed by atoms with Crippen molar-refractivity contribution in [3.05, 3.63) is 0 Å². The van der Waals surface area contributed by atoms with Gasteiger partial charge in [0, 0.05) is 5.97 Å². The van der Waals surface area contributed by atoms with E-state index in [4.69, 9.17) is 19.2 Å². The summed E-state index contributed by atoms with van der Waals surface area (Å²) in [5, 5.41) is 10.2. The smallest absolute Gasteiger partial charge is 0.822 e. The van der Waals surface area contributed by atoms with Gasteiger partial charge in [0.1, 0.15) is 0 Å². The molecule has 0 amide bonds. The molecule has 0 aromatic carbocycles. The van der Waals surface area contributed by atoms with Crippen LogP contribution in [-0.4, -0.2) is 5.97 Å². The second kappa shape index (κ2) is 26.8. The Morgan fingerprint density at radius 1 is 0.630 bits per heavy atom. The molecule has 0 aromatic rings. The number of carbonyl (C=O) groups is 1. The minimum absolute atomic E-state index is 0. The summed E-state index contributed by atoms with van der Waals surface area (Å²) in [6.45, 7) is 2.27. The van der Waals surface area contributed by atoms with Crippen molar-refractivity contribution >= 4 is 13.8 Å². The Kier molecular flexibility index (Phi) is 35.0. The minimum Gasteiger partial charge on any atom is -0.822 e. The Balaban J connectivity index is -0.000000333. The molecule has 0 aliphatic heterocycles. The van der Waals surface area contributed by atoms with Gasteiger partial charge in [-0.2, -0.15) is 7.82 Å². The van der Waals surface area contributed by atoms with Crippen molar-refractivity contribution in [3.63, 3.8) is 0 Å². The van der Waals surface area contributed by atoms with Gasteiger partial charge in [0.15, 0.2) is 0 Å². The molecule has 0 saturated heterocycles. The second-order valence-corrected chi connectivity index (χ2v) is 7.41. The first-order valence-corrected chi connectivity index (χ1v) is 11.2. The first kappa shape index (κ1) is 35.3. The molecule has 0 aliphatic carbocycles. The molecule has 0 fully saturated rings. The third-order valence-corrected chi connectivity index (χ3v) is 3.98. The molecule has 27 heavy (non-hydrogen) atoms. The quantitative estimate of drug-likeness (QED) is 0.178. The Labute approximate surface area is 191 Å². The largest absolute Gasteiger partial charge is 2.00 e. The topological polar surface area (TPSA) is 126 Å². The van der Waals surface area contributed by atoms with Gasteiger partial charge >= 0.3 is 39.0 Å². The van der Waals surface area contributed by atoms with Gasteiger partial charge in [-0.1, -0.05) is 96.8 Å². The maximum atomic E-state index is 10.2. The van der Waals surface area contributed by atoms with Gasteiger partial charge in [0.2, 0.25) is 0 Å². The summed E-state index contributed by atoms with van der Waals surface area (Å²) in [6.07, 6.45) is 19.9. The van der Waals surface area contributed by atoms with Gasteiger partial charge in [-0.3, -0.25) is 0 Å². The van der Waals surface area contributed by atoms with Gasteiger partial charge in [0.05, 0.1) is 0 Å². The van der Waals surface area contributed by atoms with Crippen LogP contribution in [0, 0.1) is 0 Å². The summed E-state index contributed by atoms with van der Waals surface area (Å²) < 4.78 is 8.55. The molecule has 9 heteroatoms. The molecule has 0 unspecified atom stereocenters. The van der Waals surface area contributed by atoms with E-state index in [0.29, 0.717) is 0 Å². The van der Waals surface area contributed by atoms with Crippen LogP contribution in [-0.2, 0) is 48.3 Å². The SMILES string of the molecule is CCCCCCCCCCCCCCCCCC(=O)[O-].O=P([O-])([O-])[O-].[Zn+2].[Zn+2]. The van der Waals surface area contributed by atoms with E-state index in [-0.39, 0.29) is 45.4 Å². The van der Waals surface area contributed by atoms with Crippen molar-refractivity contribution in [3.8, 4) is 0 Å². The Hall–Kier alpha value is 0.827. The predicted molar refractivity (Wildman–Crippen MR) is 92.2 cm³/mol. The minimum atomic E-state index is -5.39. The first-order chi connectivity index (χ1) is 11.8. The molecule has 152 valence electrons. The maximum Gasteiger partial charge on any atom is 2.00 e. The average Bonchev–Trinajstić information content (AvgIpc) is 2.49. The van der Waals surface area contributed by atoms with E-state index in [2.05, 4.69) is 6.92 Å². The number of phosphoric acid groups is 1. The van der Waals surface area contributed by atoms with Crippen molar-refractivity contribution in [1.29, 1.82) is 0 Å². The third kappa shape index (κ3) is 52.0. The molecule has 0 aromatic heterocycles. The van der Waals surface area contributed by atoms with Crippen LogP contribution < -0.4 is 19.8 Å². The van der Waals surface area contributed by atoms with E-state index in [1.165, 1.54) is 83.5 Å². The standard InChI is InChI=1S/C18H36O2.H3O4P.2Zn/c1-2-3-4-5-6-7-8-9-10-11-12-13-14-15-16-17-18(19)20;1-5(2,3)4;;/h2-17H2,1H3,(H,19,20);(H3,1,2,3,4);;/q;;2*+2/p-4. The summed E-state index contributed by atoms with van der Waals surface area (Å²) >= 11 is 0. The third-order valence-electron chi connectivity index (χ3n) is 3.98. The van der Waals surface area contributed by atoms with Crippen molar-refractivity contribution < 1.29 is 68.1 Å². The molecule has 0 saturated carbocycles. The average molecular weight is 509 g/mol. The van der Waals surface area contributed by atoms with E-state index >= 15 is 0 Å². The zero-order valence-corrected chi connectivity index (χ0v) is 24.0. The molecule has 0 bridgehead atoms. The monoisotopic (exact) mass is 506 g/mol. The Morgan fingerprint density at radius 3 is 1.07 bits per heavy atom. The molecule has 0 rings (SSSR count). The molecule has 0 spiro atoms. The van der Waals surface area contributed by atoms with E-state index < -0.39 is 13.8 Å². The predicted octanol–water partition coefficient (Wildman–Crippen LogP) is 2.17. The summed E-state index contributed by atoms with van der Waals surface area (Å²) in [6, 6.07) is 0. The molecule has 6 nitrogen and oxygen atoms in total. The van der Waals surface area contributed by atoms with Crippen LogP contribution in [0.1, 0.15) is 110 Å². The number of rotatable bonds is 16. The van der Waals surface area contributed by atoms with Gasteiger partial charge in [-0.25, -0.2) is 0 Å². The van der Waals surface area contributed by atoms with Crippen molar-refractivity contribution in [2.75, 3.05) is 0 Å². The van der Waals surface area contributed by atoms with E-state index in [9.17, 15) is 9.90 Å². The Morgan fingerprint density at radius 2 is 0.852 bits per heavy atom. The molecular formula is C18H35O6PZn2. The fourth-order valence-electron chi connectivity index (χ4n) is 2.64. The molecule has 0 N–H and O–H groups in total. The summed E-state index contributed by atoms with van der Waals surface area (Å²) in [4.78, 5) is 35.9. The first-order valence-electron chi connectivity index (χ1n) is 9.70. The van der Waals surface area contributed by atoms with Crippen LogP contribution >= 0.6 is 7.82 Å². The summed E-state index contributed by atoms with van der Waals surface area (Å²) in [7, 11) is -5.39. The maximum absolute atomic E-state index is 10.2. The number of aliphatic carboxylic acids is 1. The van der Waals surface area contributed by atoms with Crippen LogP contribution in [0.25, 0.3) is 0 Å². The number of unbranched alkanes of at least 4 members (excludes halogenated alkanes) is 14.